The second kappa shape index (κ2) is 5.09. The third kappa shape index (κ3) is 2.71. The molecule has 2 heterocycles. The zero-order valence-corrected chi connectivity index (χ0v) is 9.80. The quantitative estimate of drug-likeness (QED) is 0.810. The highest BCUT2D eigenvalue weighted by Crippen LogP contribution is 2.15. The van der Waals surface area contributed by atoms with E-state index in [4.69, 9.17) is 10.5 Å². The maximum Gasteiger partial charge on any atom is 0.268 e. The summed E-state index contributed by atoms with van der Waals surface area (Å²) in [6.07, 6.45) is 4.19. The van der Waals surface area contributed by atoms with Gasteiger partial charge in [0.1, 0.15) is 11.5 Å². The molecule has 1 saturated heterocycles. The van der Waals surface area contributed by atoms with Crippen LogP contribution in [-0.4, -0.2) is 41.7 Å². The number of morpholine rings is 1. The molecule has 1 fully saturated rings. The zero-order valence-electron chi connectivity index (χ0n) is 9.80. The summed E-state index contributed by atoms with van der Waals surface area (Å²) in [4.78, 5) is 21.3. The van der Waals surface area contributed by atoms with Crippen LogP contribution in [0.3, 0.4) is 0 Å². The lowest BCUT2D eigenvalue weighted by Crippen LogP contribution is -2.42. The predicted octanol–water partition coefficient (Wildman–Crippen LogP) is 0.191. The van der Waals surface area contributed by atoms with Crippen molar-refractivity contribution in [2.75, 3.05) is 24.6 Å². The molecule has 1 aliphatic rings. The number of carbonyl (C=O) groups is 1. The normalized spacial score (nSPS) is 20.3. The van der Waals surface area contributed by atoms with Crippen LogP contribution in [0.4, 0.5) is 5.82 Å². The SMILES string of the molecule is CCC1CN(c2cncc(C(N)=O)n2)CCO1. The summed E-state index contributed by atoms with van der Waals surface area (Å²) < 4.78 is 5.58. The van der Waals surface area contributed by atoms with Crippen molar-refractivity contribution in [1.29, 1.82) is 0 Å². The van der Waals surface area contributed by atoms with Crippen molar-refractivity contribution in [1.82, 2.24) is 9.97 Å². The van der Waals surface area contributed by atoms with E-state index in [0.29, 0.717) is 12.4 Å². The van der Waals surface area contributed by atoms with Gasteiger partial charge in [0.15, 0.2) is 0 Å². The van der Waals surface area contributed by atoms with Crippen molar-refractivity contribution in [3.63, 3.8) is 0 Å². The molecule has 2 rings (SSSR count). The Morgan fingerprint density at radius 2 is 2.47 bits per heavy atom. The number of hydrogen-bond acceptors (Lipinski definition) is 5. The fourth-order valence-electron chi connectivity index (χ4n) is 1.80. The van der Waals surface area contributed by atoms with Crippen LogP contribution in [0.5, 0.6) is 0 Å². The summed E-state index contributed by atoms with van der Waals surface area (Å²) >= 11 is 0. The van der Waals surface area contributed by atoms with E-state index in [9.17, 15) is 4.79 Å². The second-order valence-electron chi connectivity index (χ2n) is 3.97. The molecular formula is C11H16N4O2. The maximum absolute atomic E-state index is 11.0. The number of hydrogen-bond donors (Lipinski definition) is 1. The van der Waals surface area contributed by atoms with Gasteiger partial charge in [-0.15, -0.1) is 0 Å². The van der Waals surface area contributed by atoms with Crippen molar-refractivity contribution >= 4 is 11.7 Å². The lowest BCUT2D eigenvalue weighted by atomic mass is 10.2. The zero-order chi connectivity index (χ0) is 12.3. The minimum atomic E-state index is -0.556. The van der Waals surface area contributed by atoms with E-state index in [1.165, 1.54) is 6.20 Å². The highest BCUT2D eigenvalue weighted by atomic mass is 16.5. The Labute approximate surface area is 99.8 Å². The van der Waals surface area contributed by atoms with Crippen molar-refractivity contribution in [3.05, 3.63) is 18.1 Å². The van der Waals surface area contributed by atoms with Crippen LogP contribution in [-0.2, 0) is 4.74 Å². The van der Waals surface area contributed by atoms with E-state index < -0.39 is 5.91 Å². The van der Waals surface area contributed by atoms with Gasteiger partial charge in [-0.1, -0.05) is 6.92 Å². The van der Waals surface area contributed by atoms with Crippen LogP contribution in [0.1, 0.15) is 23.8 Å². The van der Waals surface area contributed by atoms with Crippen LogP contribution in [0.25, 0.3) is 0 Å². The topological polar surface area (TPSA) is 81.3 Å². The van der Waals surface area contributed by atoms with Gasteiger partial charge in [-0.2, -0.15) is 0 Å². The van der Waals surface area contributed by atoms with Crippen LogP contribution < -0.4 is 10.6 Å². The summed E-state index contributed by atoms with van der Waals surface area (Å²) in [6, 6.07) is 0. The van der Waals surface area contributed by atoms with Crippen molar-refractivity contribution in [2.45, 2.75) is 19.4 Å². The first-order valence-electron chi connectivity index (χ1n) is 5.69. The van der Waals surface area contributed by atoms with Crippen molar-refractivity contribution < 1.29 is 9.53 Å². The van der Waals surface area contributed by atoms with Gasteiger partial charge in [0.25, 0.3) is 5.91 Å². The largest absolute Gasteiger partial charge is 0.375 e. The third-order valence-corrected chi connectivity index (χ3v) is 2.79. The summed E-state index contributed by atoms with van der Waals surface area (Å²) in [5.41, 5.74) is 5.38. The van der Waals surface area contributed by atoms with Crippen molar-refractivity contribution in [2.24, 2.45) is 5.73 Å². The first-order valence-corrected chi connectivity index (χ1v) is 5.69. The van der Waals surface area contributed by atoms with Gasteiger partial charge >= 0.3 is 0 Å². The molecule has 0 radical (unpaired) electrons. The molecule has 92 valence electrons. The van der Waals surface area contributed by atoms with E-state index in [-0.39, 0.29) is 11.8 Å². The molecule has 1 amide bonds. The summed E-state index contributed by atoms with van der Waals surface area (Å²) in [7, 11) is 0. The first-order chi connectivity index (χ1) is 8.20. The number of carbonyl (C=O) groups excluding carboxylic acids is 1. The minimum Gasteiger partial charge on any atom is -0.375 e. The van der Waals surface area contributed by atoms with Crippen LogP contribution in [0, 0.1) is 0 Å². The number of anilines is 1. The molecule has 0 spiro atoms. The number of aromatic nitrogens is 2. The summed E-state index contributed by atoms with van der Waals surface area (Å²) in [5.74, 6) is 0.128. The molecule has 1 aliphatic heterocycles. The van der Waals surface area contributed by atoms with Gasteiger partial charge in [0.05, 0.1) is 25.1 Å². The van der Waals surface area contributed by atoms with Crippen LogP contribution in [0.2, 0.25) is 0 Å². The average Bonchev–Trinajstić information content (AvgIpc) is 2.39. The molecule has 1 unspecified atom stereocenters. The van der Waals surface area contributed by atoms with Gasteiger partial charge in [-0.05, 0) is 6.42 Å². The number of amides is 1. The summed E-state index contributed by atoms with van der Waals surface area (Å²) in [5, 5.41) is 0. The Morgan fingerprint density at radius 1 is 1.65 bits per heavy atom. The van der Waals surface area contributed by atoms with Gasteiger partial charge < -0.3 is 15.4 Å². The molecule has 1 aromatic heterocycles. The molecule has 1 atom stereocenters. The maximum atomic E-state index is 11.0. The smallest absolute Gasteiger partial charge is 0.268 e. The Bertz CT molecular complexity index is 410. The number of rotatable bonds is 3. The number of nitrogens with two attached hydrogens (primary N) is 1. The molecule has 0 aromatic carbocycles. The molecule has 6 nitrogen and oxygen atoms in total. The Balaban J connectivity index is 2.16. The van der Waals surface area contributed by atoms with Gasteiger partial charge in [-0.3, -0.25) is 9.78 Å². The van der Waals surface area contributed by atoms with Crippen LogP contribution >= 0.6 is 0 Å². The molecule has 6 heteroatoms. The van der Waals surface area contributed by atoms with E-state index in [0.717, 1.165) is 19.5 Å². The fourth-order valence-corrected chi connectivity index (χ4v) is 1.80. The lowest BCUT2D eigenvalue weighted by Gasteiger charge is -2.33. The monoisotopic (exact) mass is 236 g/mol. The van der Waals surface area contributed by atoms with E-state index in [1.807, 2.05) is 0 Å². The Hall–Kier alpha value is -1.69. The van der Waals surface area contributed by atoms with Gasteiger partial charge in [0.2, 0.25) is 0 Å². The van der Waals surface area contributed by atoms with Crippen molar-refractivity contribution in [3.8, 4) is 0 Å². The number of nitrogens with zero attached hydrogens (tertiary/aromatic N) is 3. The number of primary amides is 1. The lowest BCUT2D eigenvalue weighted by molar-refractivity contribution is 0.0381. The predicted molar refractivity (Wildman–Crippen MR) is 62.8 cm³/mol. The molecule has 0 bridgehead atoms. The standard InChI is InChI=1S/C11H16N4O2/c1-2-8-7-15(3-4-17-8)10-6-13-5-9(14-10)11(12)16/h5-6,8H,2-4,7H2,1H3,(H2,12,16). The molecule has 2 N–H and O–H groups in total. The second-order valence-corrected chi connectivity index (χ2v) is 3.97. The average molecular weight is 236 g/mol. The Morgan fingerprint density at radius 3 is 3.18 bits per heavy atom. The summed E-state index contributed by atoms with van der Waals surface area (Å²) in [6.45, 7) is 4.28. The highest BCUT2D eigenvalue weighted by Gasteiger charge is 2.20. The molecule has 1 aromatic rings. The van der Waals surface area contributed by atoms with Crippen LogP contribution in [0.15, 0.2) is 12.4 Å². The molecule has 0 aliphatic carbocycles. The third-order valence-electron chi connectivity index (χ3n) is 2.79. The highest BCUT2D eigenvalue weighted by molar-refractivity contribution is 5.90. The van der Waals surface area contributed by atoms with Gasteiger partial charge in [0, 0.05) is 13.1 Å². The first kappa shape index (κ1) is 11.8. The van der Waals surface area contributed by atoms with E-state index in [1.54, 1.807) is 6.20 Å². The van der Waals surface area contributed by atoms with Gasteiger partial charge in [-0.25, -0.2) is 4.98 Å². The molecule has 17 heavy (non-hydrogen) atoms. The Kier molecular flexibility index (Phi) is 3.53. The minimum absolute atomic E-state index is 0.196. The molecule has 0 saturated carbocycles. The van der Waals surface area contributed by atoms with E-state index >= 15 is 0 Å². The fraction of sp³-hybridized carbons (Fsp3) is 0.545. The molecular weight excluding hydrogens is 220 g/mol. The van der Waals surface area contributed by atoms with E-state index in [2.05, 4.69) is 21.8 Å². The number of ether oxygens (including phenoxy) is 1.